The van der Waals surface area contributed by atoms with Crippen molar-refractivity contribution >= 4 is 35.1 Å². The van der Waals surface area contributed by atoms with E-state index in [-0.39, 0.29) is 11.7 Å². The fourth-order valence-corrected chi connectivity index (χ4v) is 2.07. The number of esters is 1. The molecular weight excluding hydrogens is 346 g/mol. The highest BCUT2D eigenvalue weighted by molar-refractivity contribution is 6.32. The summed E-state index contributed by atoms with van der Waals surface area (Å²) < 4.78 is 4.80. The molecule has 0 atom stereocenters. The lowest BCUT2D eigenvalue weighted by Crippen LogP contribution is -2.32. The number of halogens is 1. The molecule has 1 heterocycles. The van der Waals surface area contributed by atoms with Crippen LogP contribution in [0.5, 0.6) is 0 Å². The van der Waals surface area contributed by atoms with Crippen LogP contribution in [0.25, 0.3) is 0 Å². The van der Waals surface area contributed by atoms with Crippen molar-refractivity contribution in [1.29, 1.82) is 0 Å². The number of benzene rings is 1. The summed E-state index contributed by atoms with van der Waals surface area (Å²) in [5.41, 5.74) is 1.69. The van der Waals surface area contributed by atoms with E-state index in [2.05, 4.69) is 15.6 Å². The van der Waals surface area contributed by atoms with Gasteiger partial charge in [-0.1, -0.05) is 29.3 Å². The Morgan fingerprint density at radius 3 is 2.72 bits per heavy atom. The van der Waals surface area contributed by atoms with Gasteiger partial charge in [0.25, 0.3) is 11.8 Å². The van der Waals surface area contributed by atoms with Gasteiger partial charge in [-0.25, -0.2) is 4.98 Å². The average Bonchev–Trinajstić information content (AvgIpc) is 2.60. The summed E-state index contributed by atoms with van der Waals surface area (Å²) in [6, 6.07) is 10.1. The van der Waals surface area contributed by atoms with Gasteiger partial charge < -0.3 is 15.4 Å². The van der Waals surface area contributed by atoms with Gasteiger partial charge in [-0.2, -0.15) is 0 Å². The summed E-state index contributed by atoms with van der Waals surface area (Å²) in [5.74, 6) is -1.69. The number of amides is 2. The summed E-state index contributed by atoms with van der Waals surface area (Å²) in [6.45, 7) is 1.02. The van der Waals surface area contributed by atoms with Crippen LogP contribution in [0.2, 0.25) is 5.15 Å². The van der Waals surface area contributed by atoms with Crippen LogP contribution < -0.4 is 10.6 Å². The number of pyridine rings is 1. The SMILES string of the molecule is Cc1cccc(C(=O)NCC(=O)OCC(=O)Nc2cccnc2Cl)c1. The molecule has 2 N–H and O–H groups in total. The maximum Gasteiger partial charge on any atom is 0.325 e. The highest BCUT2D eigenvalue weighted by Crippen LogP contribution is 2.16. The minimum atomic E-state index is -0.728. The number of nitrogens with one attached hydrogen (secondary N) is 2. The molecule has 0 aliphatic heterocycles. The van der Waals surface area contributed by atoms with Gasteiger partial charge in [0.1, 0.15) is 6.54 Å². The Hall–Kier alpha value is -2.93. The fourth-order valence-electron chi connectivity index (χ4n) is 1.90. The first-order valence-electron chi connectivity index (χ1n) is 7.36. The lowest BCUT2D eigenvalue weighted by molar-refractivity contribution is -0.146. The van der Waals surface area contributed by atoms with E-state index in [0.717, 1.165) is 5.56 Å². The first-order valence-corrected chi connectivity index (χ1v) is 7.74. The van der Waals surface area contributed by atoms with E-state index in [1.807, 2.05) is 13.0 Å². The minimum absolute atomic E-state index is 0.132. The van der Waals surface area contributed by atoms with E-state index in [0.29, 0.717) is 11.3 Å². The van der Waals surface area contributed by atoms with Gasteiger partial charge in [-0.05, 0) is 31.2 Å². The Morgan fingerprint density at radius 1 is 1.20 bits per heavy atom. The van der Waals surface area contributed by atoms with Crippen LogP contribution in [-0.4, -0.2) is 35.9 Å². The van der Waals surface area contributed by atoms with Gasteiger partial charge >= 0.3 is 5.97 Å². The molecule has 0 aliphatic carbocycles. The summed E-state index contributed by atoms with van der Waals surface area (Å²) >= 11 is 5.80. The Bertz CT molecular complexity index is 795. The molecule has 25 heavy (non-hydrogen) atoms. The molecule has 130 valence electrons. The zero-order chi connectivity index (χ0) is 18.2. The molecular formula is C17H16ClN3O4. The van der Waals surface area contributed by atoms with E-state index in [4.69, 9.17) is 16.3 Å². The van der Waals surface area contributed by atoms with Crippen molar-refractivity contribution in [3.05, 3.63) is 58.9 Å². The molecule has 0 spiro atoms. The average molecular weight is 362 g/mol. The molecule has 2 amide bonds. The maximum absolute atomic E-state index is 11.9. The molecule has 0 aliphatic rings. The molecule has 8 heteroatoms. The van der Waals surface area contributed by atoms with Crippen LogP contribution in [0.1, 0.15) is 15.9 Å². The quantitative estimate of drug-likeness (QED) is 0.605. The topological polar surface area (TPSA) is 97.4 Å². The van der Waals surface area contributed by atoms with Gasteiger partial charge in [0.2, 0.25) is 0 Å². The van der Waals surface area contributed by atoms with Gasteiger partial charge in [-0.3, -0.25) is 14.4 Å². The molecule has 0 unspecified atom stereocenters. The Morgan fingerprint density at radius 2 is 2.00 bits per heavy atom. The minimum Gasteiger partial charge on any atom is -0.454 e. The summed E-state index contributed by atoms with van der Waals surface area (Å²) in [6.07, 6.45) is 1.48. The van der Waals surface area contributed by atoms with Crippen molar-refractivity contribution in [3.63, 3.8) is 0 Å². The molecule has 0 saturated heterocycles. The molecule has 2 aromatic rings. The zero-order valence-corrected chi connectivity index (χ0v) is 14.2. The number of carbonyl (C=O) groups excluding carboxylic acids is 3. The van der Waals surface area contributed by atoms with E-state index in [9.17, 15) is 14.4 Å². The molecule has 1 aromatic carbocycles. The maximum atomic E-state index is 11.9. The van der Waals surface area contributed by atoms with E-state index < -0.39 is 24.4 Å². The highest BCUT2D eigenvalue weighted by Gasteiger charge is 2.12. The molecule has 0 radical (unpaired) electrons. The van der Waals surface area contributed by atoms with Crippen LogP contribution in [0.3, 0.4) is 0 Å². The first-order chi connectivity index (χ1) is 12.0. The molecule has 7 nitrogen and oxygen atoms in total. The summed E-state index contributed by atoms with van der Waals surface area (Å²) in [5, 5.41) is 5.03. The van der Waals surface area contributed by atoms with Crippen molar-refractivity contribution in [2.75, 3.05) is 18.5 Å². The smallest absolute Gasteiger partial charge is 0.325 e. The monoisotopic (exact) mass is 361 g/mol. The highest BCUT2D eigenvalue weighted by atomic mass is 35.5. The largest absolute Gasteiger partial charge is 0.454 e. The number of rotatable bonds is 6. The lowest BCUT2D eigenvalue weighted by Gasteiger charge is -2.08. The lowest BCUT2D eigenvalue weighted by atomic mass is 10.1. The van der Waals surface area contributed by atoms with Gasteiger partial charge in [0, 0.05) is 11.8 Å². The van der Waals surface area contributed by atoms with Crippen molar-refractivity contribution in [1.82, 2.24) is 10.3 Å². The van der Waals surface area contributed by atoms with E-state index >= 15 is 0 Å². The van der Waals surface area contributed by atoms with Crippen molar-refractivity contribution in [2.45, 2.75) is 6.92 Å². The first kappa shape index (κ1) is 18.4. The summed E-state index contributed by atoms with van der Waals surface area (Å²) in [4.78, 5) is 39.0. The Balaban J connectivity index is 1.74. The number of hydrogen-bond acceptors (Lipinski definition) is 5. The van der Waals surface area contributed by atoms with Crippen molar-refractivity contribution in [2.24, 2.45) is 0 Å². The predicted octanol–water partition coefficient (Wildman–Crippen LogP) is 1.96. The van der Waals surface area contributed by atoms with Crippen LogP contribution >= 0.6 is 11.6 Å². The number of anilines is 1. The number of aromatic nitrogens is 1. The van der Waals surface area contributed by atoms with Crippen LogP contribution in [0.15, 0.2) is 42.6 Å². The van der Waals surface area contributed by atoms with Gasteiger partial charge in [-0.15, -0.1) is 0 Å². The third kappa shape index (κ3) is 5.89. The molecule has 0 bridgehead atoms. The summed E-state index contributed by atoms with van der Waals surface area (Å²) in [7, 11) is 0. The number of nitrogens with zero attached hydrogens (tertiary/aromatic N) is 1. The third-order valence-corrected chi connectivity index (χ3v) is 3.37. The normalized spacial score (nSPS) is 10.0. The van der Waals surface area contributed by atoms with Crippen LogP contribution in [0.4, 0.5) is 5.69 Å². The molecule has 0 saturated carbocycles. The van der Waals surface area contributed by atoms with Crippen LogP contribution in [0, 0.1) is 6.92 Å². The second kappa shape index (κ2) is 8.79. The number of ether oxygens (including phenoxy) is 1. The predicted molar refractivity (Wildman–Crippen MR) is 92.3 cm³/mol. The standard InChI is InChI=1S/C17H16ClN3O4/c1-11-4-2-5-12(8-11)17(24)20-9-15(23)25-10-14(22)21-13-6-3-7-19-16(13)18/h2-8H,9-10H2,1H3,(H,20,24)(H,21,22). The Kier molecular flexibility index (Phi) is 6.47. The molecule has 1 aromatic heterocycles. The second-order valence-corrected chi connectivity index (χ2v) is 5.46. The number of carbonyl (C=O) groups is 3. The van der Waals surface area contributed by atoms with Crippen molar-refractivity contribution < 1.29 is 19.1 Å². The van der Waals surface area contributed by atoms with Crippen molar-refractivity contribution in [3.8, 4) is 0 Å². The van der Waals surface area contributed by atoms with Gasteiger partial charge in [0.15, 0.2) is 11.8 Å². The van der Waals surface area contributed by atoms with Crippen LogP contribution in [-0.2, 0) is 14.3 Å². The Labute approximate surface area is 149 Å². The second-order valence-electron chi connectivity index (χ2n) is 5.10. The number of hydrogen-bond donors (Lipinski definition) is 2. The zero-order valence-electron chi connectivity index (χ0n) is 13.4. The number of aryl methyl sites for hydroxylation is 1. The van der Waals surface area contributed by atoms with Gasteiger partial charge in [0.05, 0.1) is 5.69 Å². The molecule has 2 rings (SSSR count). The molecule has 0 fully saturated rings. The fraction of sp³-hybridized carbons (Fsp3) is 0.176. The van der Waals surface area contributed by atoms with E-state index in [1.165, 1.54) is 6.20 Å². The van der Waals surface area contributed by atoms with E-state index in [1.54, 1.807) is 30.3 Å². The third-order valence-electron chi connectivity index (χ3n) is 3.07.